The average Bonchev–Trinajstić information content (AvgIpc) is 2.96. The molecule has 2 saturated heterocycles. The Morgan fingerprint density at radius 3 is 2.38 bits per heavy atom. The van der Waals surface area contributed by atoms with Gasteiger partial charge in [-0.15, -0.1) is 0 Å². The Balaban J connectivity index is 1.62. The van der Waals surface area contributed by atoms with Crippen LogP contribution in [-0.2, 0) is 4.79 Å². The number of pyridine rings is 1. The maximum atomic E-state index is 12.7. The SMILES string of the molecule is N#Cc1nc(N2CCC(C(=O)N3CCCCCC3)CC2)ccc1[N+](=O)[O-]. The molecule has 0 saturated carbocycles. The van der Waals surface area contributed by atoms with Gasteiger partial charge in [0.2, 0.25) is 11.6 Å². The van der Waals surface area contributed by atoms with Crippen molar-refractivity contribution in [1.82, 2.24) is 9.88 Å². The standard InChI is InChI=1S/C18H23N5O3/c19-13-15-16(23(25)26)5-6-17(20-15)21-11-7-14(8-12-21)18(24)22-9-3-1-2-4-10-22/h5-6,14H,1-4,7-12H2. The van der Waals surface area contributed by atoms with Crippen molar-refractivity contribution in [2.24, 2.45) is 5.92 Å². The van der Waals surface area contributed by atoms with Crippen molar-refractivity contribution < 1.29 is 9.72 Å². The highest BCUT2D eigenvalue weighted by atomic mass is 16.6. The highest BCUT2D eigenvalue weighted by Crippen LogP contribution is 2.26. The molecule has 2 aliphatic rings. The van der Waals surface area contributed by atoms with Crippen LogP contribution in [0.15, 0.2) is 12.1 Å². The Kier molecular flexibility index (Phi) is 5.66. The summed E-state index contributed by atoms with van der Waals surface area (Å²) in [5.74, 6) is 0.867. The molecule has 0 aliphatic carbocycles. The van der Waals surface area contributed by atoms with E-state index in [4.69, 9.17) is 5.26 Å². The first-order valence-electron chi connectivity index (χ1n) is 9.19. The van der Waals surface area contributed by atoms with Crippen molar-refractivity contribution in [1.29, 1.82) is 5.26 Å². The lowest BCUT2D eigenvalue weighted by molar-refractivity contribution is -0.385. The minimum atomic E-state index is -0.596. The fourth-order valence-corrected chi connectivity index (χ4v) is 3.75. The lowest BCUT2D eigenvalue weighted by atomic mass is 9.95. The van der Waals surface area contributed by atoms with Gasteiger partial charge in [-0.2, -0.15) is 5.26 Å². The van der Waals surface area contributed by atoms with Crippen LogP contribution in [0.2, 0.25) is 0 Å². The van der Waals surface area contributed by atoms with Gasteiger partial charge in [-0.1, -0.05) is 12.8 Å². The number of nitrogens with zero attached hydrogens (tertiary/aromatic N) is 5. The Morgan fingerprint density at radius 2 is 1.81 bits per heavy atom. The molecule has 3 rings (SSSR count). The van der Waals surface area contributed by atoms with Gasteiger partial charge in [0.1, 0.15) is 11.9 Å². The number of likely N-dealkylation sites (tertiary alicyclic amines) is 1. The van der Waals surface area contributed by atoms with Crippen LogP contribution in [0, 0.1) is 27.4 Å². The molecule has 2 fully saturated rings. The minimum absolute atomic E-state index is 0.0397. The van der Waals surface area contributed by atoms with E-state index in [2.05, 4.69) is 4.98 Å². The number of anilines is 1. The number of amides is 1. The summed E-state index contributed by atoms with van der Waals surface area (Å²) in [5, 5.41) is 20.0. The molecule has 0 unspecified atom stereocenters. The smallest absolute Gasteiger partial charge is 0.305 e. The summed E-state index contributed by atoms with van der Waals surface area (Å²) >= 11 is 0. The maximum absolute atomic E-state index is 12.7. The largest absolute Gasteiger partial charge is 0.357 e. The van der Waals surface area contributed by atoms with E-state index >= 15 is 0 Å². The van der Waals surface area contributed by atoms with Gasteiger partial charge in [-0.25, -0.2) is 4.98 Å². The Labute approximate surface area is 152 Å². The molecule has 0 atom stereocenters. The lowest BCUT2D eigenvalue weighted by Gasteiger charge is -2.34. The number of rotatable bonds is 3. The summed E-state index contributed by atoms with van der Waals surface area (Å²) in [4.78, 5) is 31.2. The maximum Gasteiger partial charge on any atom is 0.305 e. The molecule has 0 radical (unpaired) electrons. The van der Waals surface area contributed by atoms with Gasteiger partial charge in [0.15, 0.2) is 0 Å². The number of carbonyl (C=O) groups excluding carboxylic acids is 1. The third-order valence-corrected chi connectivity index (χ3v) is 5.25. The number of piperidine rings is 1. The predicted molar refractivity (Wildman–Crippen MR) is 95.6 cm³/mol. The second-order valence-corrected chi connectivity index (χ2v) is 6.91. The molecular weight excluding hydrogens is 334 g/mol. The van der Waals surface area contributed by atoms with Crippen molar-refractivity contribution in [3.63, 3.8) is 0 Å². The fraction of sp³-hybridized carbons (Fsp3) is 0.611. The zero-order chi connectivity index (χ0) is 18.5. The van der Waals surface area contributed by atoms with Crippen LogP contribution in [0.25, 0.3) is 0 Å². The molecule has 0 bridgehead atoms. The topological polar surface area (TPSA) is 103 Å². The van der Waals surface area contributed by atoms with Crippen molar-refractivity contribution in [2.45, 2.75) is 38.5 Å². The Hall–Kier alpha value is -2.69. The molecule has 8 nitrogen and oxygen atoms in total. The van der Waals surface area contributed by atoms with Gasteiger partial charge in [-0.05, 0) is 31.7 Å². The second kappa shape index (κ2) is 8.13. The summed E-state index contributed by atoms with van der Waals surface area (Å²) in [6.07, 6.45) is 6.08. The molecule has 2 aliphatic heterocycles. The predicted octanol–water partition coefficient (Wildman–Crippen LogP) is 2.48. The summed E-state index contributed by atoms with van der Waals surface area (Å²) in [6.45, 7) is 3.07. The van der Waals surface area contributed by atoms with Crippen molar-refractivity contribution in [3.05, 3.63) is 27.9 Å². The van der Waals surface area contributed by atoms with E-state index in [9.17, 15) is 14.9 Å². The van der Waals surface area contributed by atoms with Gasteiger partial charge in [0.05, 0.1) is 4.92 Å². The summed E-state index contributed by atoms with van der Waals surface area (Å²) in [5.41, 5.74) is -0.447. The molecule has 138 valence electrons. The first-order chi connectivity index (χ1) is 12.6. The molecule has 26 heavy (non-hydrogen) atoms. The number of carbonyl (C=O) groups is 1. The van der Waals surface area contributed by atoms with E-state index in [1.54, 1.807) is 12.1 Å². The molecule has 0 spiro atoms. The molecule has 1 aromatic heterocycles. The van der Waals surface area contributed by atoms with Crippen LogP contribution in [0.5, 0.6) is 0 Å². The van der Waals surface area contributed by atoms with Crippen LogP contribution in [0.4, 0.5) is 11.5 Å². The Morgan fingerprint density at radius 1 is 1.15 bits per heavy atom. The van der Waals surface area contributed by atoms with Crippen LogP contribution < -0.4 is 4.90 Å². The van der Waals surface area contributed by atoms with Crippen molar-refractivity contribution in [3.8, 4) is 6.07 Å². The highest BCUT2D eigenvalue weighted by molar-refractivity contribution is 5.79. The summed E-state index contributed by atoms with van der Waals surface area (Å²) < 4.78 is 0. The van der Waals surface area contributed by atoms with Crippen LogP contribution in [0.3, 0.4) is 0 Å². The van der Waals surface area contributed by atoms with Gasteiger partial charge in [0, 0.05) is 38.2 Å². The van der Waals surface area contributed by atoms with Gasteiger partial charge < -0.3 is 9.80 Å². The van der Waals surface area contributed by atoms with E-state index in [1.165, 1.54) is 18.9 Å². The average molecular weight is 357 g/mol. The summed E-state index contributed by atoms with van der Waals surface area (Å²) in [6, 6.07) is 4.70. The third kappa shape index (κ3) is 3.93. The van der Waals surface area contributed by atoms with Crippen LogP contribution in [-0.4, -0.2) is 46.9 Å². The zero-order valence-corrected chi connectivity index (χ0v) is 14.8. The van der Waals surface area contributed by atoms with Gasteiger partial charge in [-0.3, -0.25) is 14.9 Å². The second-order valence-electron chi connectivity index (χ2n) is 6.91. The number of hydrogen-bond acceptors (Lipinski definition) is 6. The number of aromatic nitrogens is 1. The number of hydrogen-bond donors (Lipinski definition) is 0. The molecule has 3 heterocycles. The van der Waals surface area contributed by atoms with Crippen molar-refractivity contribution >= 4 is 17.4 Å². The number of nitriles is 1. The molecule has 0 N–H and O–H groups in total. The van der Waals surface area contributed by atoms with E-state index in [0.29, 0.717) is 18.9 Å². The molecule has 1 amide bonds. The van der Waals surface area contributed by atoms with E-state index in [1.807, 2.05) is 9.80 Å². The monoisotopic (exact) mass is 357 g/mol. The lowest BCUT2D eigenvalue weighted by Crippen LogP contribution is -2.43. The fourth-order valence-electron chi connectivity index (χ4n) is 3.75. The normalized spacial score (nSPS) is 18.9. The number of nitro groups is 1. The molecule has 1 aromatic rings. The van der Waals surface area contributed by atoms with Gasteiger partial charge in [0.25, 0.3) is 0 Å². The first-order valence-corrected chi connectivity index (χ1v) is 9.19. The first kappa shape index (κ1) is 18.1. The van der Waals surface area contributed by atoms with Crippen molar-refractivity contribution in [2.75, 3.05) is 31.1 Å². The quantitative estimate of drug-likeness (QED) is 0.608. The van der Waals surface area contributed by atoms with Crippen LogP contribution in [0.1, 0.15) is 44.2 Å². The molecule has 8 heteroatoms. The highest BCUT2D eigenvalue weighted by Gasteiger charge is 2.29. The summed E-state index contributed by atoms with van der Waals surface area (Å²) in [7, 11) is 0. The Bertz CT molecular complexity index is 714. The van der Waals surface area contributed by atoms with Gasteiger partial charge >= 0.3 is 5.69 Å². The molecule has 0 aromatic carbocycles. The molecular formula is C18H23N5O3. The minimum Gasteiger partial charge on any atom is -0.357 e. The van der Waals surface area contributed by atoms with E-state index < -0.39 is 4.92 Å². The third-order valence-electron chi connectivity index (χ3n) is 5.25. The zero-order valence-electron chi connectivity index (χ0n) is 14.8. The van der Waals surface area contributed by atoms with Crippen LogP contribution >= 0.6 is 0 Å². The van der Waals surface area contributed by atoms with E-state index in [-0.39, 0.29) is 23.2 Å². The van der Waals surface area contributed by atoms with E-state index in [0.717, 1.165) is 38.8 Å².